The molecule has 0 radical (unpaired) electrons. The molecule has 36 heavy (non-hydrogen) atoms. The second kappa shape index (κ2) is 12.8. The Morgan fingerprint density at radius 1 is 1.03 bits per heavy atom. The van der Waals surface area contributed by atoms with Gasteiger partial charge in [-0.3, -0.25) is 9.59 Å². The summed E-state index contributed by atoms with van der Waals surface area (Å²) in [7, 11) is 1.30. The van der Waals surface area contributed by atoms with Gasteiger partial charge in [0.15, 0.2) is 5.78 Å². The lowest BCUT2D eigenvalue weighted by atomic mass is 10.0. The molecule has 9 nitrogen and oxygen atoms in total. The third-order valence-electron chi connectivity index (χ3n) is 5.71. The number of ether oxygens (including phenoxy) is 3. The maximum absolute atomic E-state index is 13.2. The molecule has 2 atom stereocenters. The Kier molecular flexibility index (Phi) is 9.58. The third kappa shape index (κ3) is 7.64. The smallest absolute Gasteiger partial charge is 0.408 e. The van der Waals surface area contributed by atoms with Gasteiger partial charge >= 0.3 is 12.1 Å². The molecule has 0 saturated carbocycles. The highest BCUT2D eigenvalue weighted by Crippen LogP contribution is 2.17. The van der Waals surface area contributed by atoms with Crippen molar-refractivity contribution in [1.82, 2.24) is 10.2 Å². The second-order valence-electron chi connectivity index (χ2n) is 9.06. The van der Waals surface area contributed by atoms with Gasteiger partial charge in [0.2, 0.25) is 5.91 Å². The first-order valence-corrected chi connectivity index (χ1v) is 11.8. The van der Waals surface area contributed by atoms with Crippen LogP contribution in [0.5, 0.6) is 0 Å². The second-order valence-corrected chi connectivity index (χ2v) is 9.06. The van der Waals surface area contributed by atoms with E-state index in [1.807, 2.05) is 44.2 Å². The van der Waals surface area contributed by atoms with Gasteiger partial charge in [0.05, 0.1) is 32.4 Å². The van der Waals surface area contributed by atoms with E-state index in [4.69, 9.17) is 14.2 Å². The fraction of sp³-hybridized carbons (Fsp3) is 0.407. The van der Waals surface area contributed by atoms with Gasteiger partial charge in [0, 0.05) is 0 Å². The summed E-state index contributed by atoms with van der Waals surface area (Å²) in [6.45, 7) is 4.07. The average molecular weight is 497 g/mol. The average Bonchev–Trinajstić information content (AvgIpc) is 3.25. The number of benzene rings is 2. The number of rotatable bonds is 10. The molecule has 1 unspecified atom stereocenters. The van der Waals surface area contributed by atoms with Crippen LogP contribution >= 0.6 is 0 Å². The normalized spacial score (nSPS) is 16.1. The van der Waals surface area contributed by atoms with Crippen molar-refractivity contribution in [2.45, 2.75) is 45.6 Å². The fourth-order valence-electron chi connectivity index (χ4n) is 3.89. The third-order valence-corrected chi connectivity index (χ3v) is 5.71. The summed E-state index contributed by atoms with van der Waals surface area (Å²) in [5, 5.41) is 2.66. The van der Waals surface area contributed by atoms with E-state index < -0.39 is 24.2 Å². The molecule has 192 valence electrons. The first kappa shape index (κ1) is 26.9. The van der Waals surface area contributed by atoms with Crippen molar-refractivity contribution in [2.24, 2.45) is 5.92 Å². The topological polar surface area (TPSA) is 111 Å². The van der Waals surface area contributed by atoms with Crippen molar-refractivity contribution in [1.29, 1.82) is 0 Å². The van der Waals surface area contributed by atoms with Gasteiger partial charge in [-0.15, -0.1) is 0 Å². The van der Waals surface area contributed by atoms with Gasteiger partial charge in [-0.2, -0.15) is 0 Å². The summed E-state index contributed by atoms with van der Waals surface area (Å²) in [6.07, 6.45) is -1.09. The quantitative estimate of drug-likeness (QED) is 0.503. The Bertz CT molecular complexity index is 1070. The summed E-state index contributed by atoms with van der Waals surface area (Å²) >= 11 is 0. The van der Waals surface area contributed by atoms with Crippen LogP contribution in [0.3, 0.4) is 0 Å². The highest BCUT2D eigenvalue weighted by molar-refractivity contribution is 5.95. The predicted molar refractivity (Wildman–Crippen MR) is 131 cm³/mol. The number of carbonyl (C=O) groups is 4. The van der Waals surface area contributed by atoms with E-state index in [1.54, 1.807) is 24.3 Å². The molecule has 0 bridgehead atoms. The maximum atomic E-state index is 13.2. The Hall–Kier alpha value is -3.72. The molecule has 1 aliphatic rings. The van der Waals surface area contributed by atoms with Gasteiger partial charge in [0.1, 0.15) is 18.8 Å². The zero-order chi connectivity index (χ0) is 26.1. The number of hydrogen-bond donors (Lipinski definition) is 1. The lowest BCUT2D eigenvalue weighted by Gasteiger charge is -2.25. The minimum atomic E-state index is -0.823. The van der Waals surface area contributed by atoms with E-state index in [-0.39, 0.29) is 43.9 Å². The van der Waals surface area contributed by atoms with Gasteiger partial charge in [-0.1, -0.05) is 56.3 Å². The number of likely N-dealkylation sites (tertiary alicyclic amines) is 1. The monoisotopic (exact) mass is 496 g/mol. The summed E-state index contributed by atoms with van der Waals surface area (Å²) in [5.41, 5.74) is 1.92. The molecule has 0 spiro atoms. The molecule has 0 aromatic heterocycles. The molecule has 3 rings (SSSR count). The number of amides is 2. The molecule has 1 saturated heterocycles. The fourth-order valence-corrected chi connectivity index (χ4v) is 3.89. The summed E-state index contributed by atoms with van der Waals surface area (Å²) in [4.78, 5) is 51.3. The number of ketones is 1. The van der Waals surface area contributed by atoms with Crippen LogP contribution in [-0.4, -0.2) is 61.0 Å². The van der Waals surface area contributed by atoms with Gasteiger partial charge in [-0.05, 0) is 35.6 Å². The minimum absolute atomic E-state index is 0.0870. The Morgan fingerprint density at radius 2 is 1.75 bits per heavy atom. The van der Waals surface area contributed by atoms with E-state index in [2.05, 4.69) is 5.32 Å². The Balaban J connectivity index is 1.56. The lowest BCUT2D eigenvalue weighted by Crippen LogP contribution is -2.49. The van der Waals surface area contributed by atoms with E-state index in [0.29, 0.717) is 17.5 Å². The standard InChI is InChI=1S/C27H32N2O7/c1-18(2)12-22(28-27(33)36-16-19-8-5-4-6-9-19)25(31)29-14-23(30)24(15-29)35-17-20-10-7-11-21(13-20)26(32)34-3/h4-11,13,18,22,24H,12,14-17H2,1-3H3,(H,28,33)/t22-,24?/m0/s1. The zero-order valence-corrected chi connectivity index (χ0v) is 20.8. The largest absolute Gasteiger partial charge is 0.465 e. The van der Waals surface area contributed by atoms with Crippen molar-refractivity contribution < 1.29 is 33.4 Å². The van der Waals surface area contributed by atoms with Crippen molar-refractivity contribution in [3.05, 3.63) is 71.3 Å². The Labute approximate surface area is 210 Å². The maximum Gasteiger partial charge on any atom is 0.408 e. The molecular formula is C27H32N2O7. The number of alkyl carbamates (subject to hydrolysis) is 1. The highest BCUT2D eigenvalue weighted by Gasteiger charge is 2.37. The van der Waals surface area contributed by atoms with E-state index >= 15 is 0 Å². The highest BCUT2D eigenvalue weighted by atomic mass is 16.5. The van der Waals surface area contributed by atoms with Gasteiger partial charge in [0.25, 0.3) is 0 Å². The van der Waals surface area contributed by atoms with Gasteiger partial charge < -0.3 is 24.4 Å². The first-order valence-electron chi connectivity index (χ1n) is 11.8. The molecule has 2 amide bonds. The molecule has 1 aliphatic heterocycles. The SMILES string of the molecule is COC(=O)c1cccc(COC2CN(C(=O)[C@H](CC(C)C)NC(=O)OCc3ccccc3)CC2=O)c1. The predicted octanol–water partition coefficient (Wildman–Crippen LogP) is 3.11. The van der Waals surface area contributed by atoms with Crippen molar-refractivity contribution in [2.75, 3.05) is 20.2 Å². The number of nitrogens with zero attached hydrogens (tertiary/aromatic N) is 1. The molecular weight excluding hydrogens is 464 g/mol. The zero-order valence-electron chi connectivity index (χ0n) is 20.8. The molecule has 0 aliphatic carbocycles. The lowest BCUT2D eigenvalue weighted by molar-refractivity contribution is -0.134. The van der Waals surface area contributed by atoms with E-state index in [9.17, 15) is 19.2 Å². The van der Waals surface area contributed by atoms with E-state index in [0.717, 1.165) is 5.56 Å². The van der Waals surface area contributed by atoms with Crippen LogP contribution in [0.4, 0.5) is 4.79 Å². The van der Waals surface area contributed by atoms with Crippen LogP contribution in [0.15, 0.2) is 54.6 Å². The van der Waals surface area contributed by atoms with Crippen LogP contribution in [0.25, 0.3) is 0 Å². The molecule has 1 heterocycles. The summed E-state index contributed by atoms with van der Waals surface area (Å²) in [5.74, 6) is -0.910. The van der Waals surface area contributed by atoms with Crippen LogP contribution in [-0.2, 0) is 37.0 Å². The van der Waals surface area contributed by atoms with Crippen molar-refractivity contribution in [3.63, 3.8) is 0 Å². The summed E-state index contributed by atoms with van der Waals surface area (Å²) in [6, 6.07) is 15.2. The number of carbonyl (C=O) groups excluding carboxylic acids is 4. The number of Topliss-reactive ketones (excluding diaryl/α,β-unsaturated/α-hetero) is 1. The van der Waals surface area contributed by atoms with Crippen LogP contribution in [0.1, 0.15) is 41.8 Å². The summed E-state index contributed by atoms with van der Waals surface area (Å²) < 4.78 is 15.8. The number of methoxy groups -OCH3 is 1. The number of hydrogen-bond acceptors (Lipinski definition) is 7. The molecule has 1 fully saturated rings. The van der Waals surface area contributed by atoms with Crippen LogP contribution in [0, 0.1) is 5.92 Å². The number of nitrogens with one attached hydrogen (secondary N) is 1. The number of esters is 1. The first-order chi connectivity index (χ1) is 17.3. The minimum Gasteiger partial charge on any atom is -0.465 e. The van der Waals surface area contributed by atoms with Crippen molar-refractivity contribution >= 4 is 23.8 Å². The molecule has 2 aromatic rings. The van der Waals surface area contributed by atoms with Crippen molar-refractivity contribution in [3.8, 4) is 0 Å². The molecule has 2 aromatic carbocycles. The van der Waals surface area contributed by atoms with Crippen LogP contribution < -0.4 is 5.32 Å². The van der Waals surface area contributed by atoms with E-state index in [1.165, 1.54) is 12.0 Å². The van der Waals surface area contributed by atoms with Crippen LogP contribution in [0.2, 0.25) is 0 Å². The Morgan fingerprint density at radius 3 is 2.44 bits per heavy atom. The molecule has 1 N–H and O–H groups in total. The van der Waals surface area contributed by atoms with Gasteiger partial charge in [-0.25, -0.2) is 9.59 Å². The molecule has 9 heteroatoms.